The molecule has 78 valence electrons. The first kappa shape index (κ1) is 9.71. The fourth-order valence-electron chi connectivity index (χ4n) is 2.63. The molecule has 2 rings (SSSR count). The highest BCUT2D eigenvalue weighted by Crippen LogP contribution is 2.63. The van der Waals surface area contributed by atoms with Crippen LogP contribution in [0.25, 0.3) is 0 Å². The van der Waals surface area contributed by atoms with Crippen LogP contribution >= 0.6 is 0 Å². The van der Waals surface area contributed by atoms with Crippen LogP contribution in [0.3, 0.4) is 0 Å². The Morgan fingerprint density at radius 3 is 2.79 bits per heavy atom. The van der Waals surface area contributed by atoms with Crippen molar-refractivity contribution in [1.29, 1.82) is 0 Å². The number of aryl methyl sites for hydroxylation is 1. The molecule has 1 saturated carbocycles. The summed E-state index contributed by atoms with van der Waals surface area (Å²) in [6, 6.07) is 0. The highest BCUT2D eigenvalue weighted by Gasteiger charge is 2.58. The summed E-state index contributed by atoms with van der Waals surface area (Å²) in [6.45, 7) is 8.52. The summed E-state index contributed by atoms with van der Waals surface area (Å²) in [6.07, 6.45) is 3.91. The van der Waals surface area contributed by atoms with E-state index in [0.717, 1.165) is 13.1 Å². The van der Waals surface area contributed by atoms with Gasteiger partial charge in [0.15, 0.2) is 0 Å². The lowest BCUT2D eigenvalue weighted by Crippen LogP contribution is -2.05. The number of hydrogen-bond acceptors (Lipinski definition) is 2. The summed E-state index contributed by atoms with van der Waals surface area (Å²) < 4.78 is 2.22. The van der Waals surface area contributed by atoms with E-state index in [1.165, 1.54) is 5.69 Å². The number of aromatic nitrogens is 2. The molecule has 1 aromatic heterocycles. The molecular formula is C11H19N3. The quantitative estimate of drug-likeness (QED) is 0.792. The normalized spacial score (nSPS) is 29.1. The van der Waals surface area contributed by atoms with Crippen LogP contribution in [0.2, 0.25) is 0 Å². The maximum absolute atomic E-state index is 5.77. The van der Waals surface area contributed by atoms with Crippen molar-refractivity contribution in [3.05, 3.63) is 18.2 Å². The van der Waals surface area contributed by atoms with Crippen LogP contribution in [0.4, 0.5) is 0 Å². The van der Waals surface area contributed by atoms with Crippen molar-refractivity contribution in [1.82, 2.24) is 9.55 Å². The molecule has 1 aliphatic carbocycles. The summed E-state index contributed by atoms with van der Waals surface area (Å²) in [5, 5.41) is 0. The topological polar surface area (TPSA) is 43.8 Å². The van der Waals surface area contributed by atoms with Crippen LogP contribution in [0, 0.1) is 11.3 Å². The minimum Gasteiger partial charge on any atom is -0.335 e. The van der Waals surface area contributed by atoms with Crippen molar-refractivity contribution in [3.8, 4) is 0 Å². The van der Waals surface area contributed by atoms with E-state index >= 15 is 0 Å². The lowest BCUT2D eigenvalue weighted by molar-refractivity contribution is 0.553. The number of hydrogen-bond donors (Lipinski definition) is 1. The zero-order valence-electron chi connectivity index (χ0n) is 9.20. The van der Waals surface area contributed by atoms with E-state index in [1.54, 1.807) is 0 Å². The third-order valence-corrected chi connectivity index (χ3v) is 3.71. The second-order valence-electron chi connectivity index (χ2n) is 4.75. The Balaban J connectivity index is 2.26. The third-order valence-electron chi connectivity index (χ3n) is 3.71. The Kier molecular flexibility index (Phi) is 2.14. The Morgan fingerprint density at radius 1 is 1.57 bits per heavy atom. The average molecular weight is 193 g/mol. The largest absolute Gasteiger partial charge is 0.335 e. The first-order valence-corrected chi connectivity index (χ1v) is 5.33. The van der Waals surface area contributed by atoms with Crippen molar-refractivity contribution in [2.24, 2.45) is 17.1 Å². The smallest absolute Gasteiger partial charge is 0.0948 e. The van der Waals surface area contributed by atoms with Crippen LogP contribution in [0.5, 0.6) is 0 Å². The first-order chi connectivity index (χ1) is 6.62. The van der Waals surface area contributed by atoms with Gasteiger partial charge in [-0.1, -0.05) is 13.8 Å². The molecule has 0 amide bonds. The monoisotopic (exact) mass is 193 g/mol. The molecule has 0 spiro atoms. The molecule has 3 nitrogen and oxygen atoms in total. The van der Waals surface area contributed by atoms with Crippen molar-refractivity contribution in [3.63, 3.8) is 0 Å². The summed E-state index contributed by atoms with van der Waals surface area (Å²) in [7, 11) is 0. The van der Waals surface area contributed by atoms with E-state index in [4.69, 9.17) is 5.73 Å². The van der Waals surface area contributed by atoms with Gasteiger partial charge in [0.1, 0.15) is 0 Å². The van der Waals surface area contributed by atoms with E-state index in [9.17, 15) is 0 Å². The molecule has 2 N–H and O–H groups in total. The number of nitrogens with zero attached hydrogens (tertiary/aromatic N) is 2. The van der Waals surface area contributed by atoms with Crippen LogP contribution in [0.15, 0.2) is 12.5 Å². The van der Waals surface area contributed by atoms with E-state index in [-0.39, 0.29) is 0 Å². The van der Waals surface area contributed by atoms with Gasteiger partial charge in [0.05, 0.1) is 6.33 Å². The van der Waals surface area contributed by atoms with Crippen LogP contribution in [-0.4, -0.2) is 16.1 Å². The van der Waals surface area contributed by atoms with Gasteiger partial charge in [-0.2, -0.15) is 0 Å². The van der Waals surface area contributed by atoms with Gasteiger partial charge < -0.3 is 10.3 Å². The third kappa shape index (κ3) is 1.19. The molecule has 0 unspecified atom stereocenters. The van der Waals surface area contributed by atoms with Crippen molar-refractivity contribution in [2.75, 3.05) is 6.54 Å². The molecule has 0 aliphatic heterocycles. The van der Waals surface area contributed by atoms with Crippen molar-refractivity contribution in [2.45, 2.75) is 33.2 Å². The van der Waals surface area contributed by atoms with E-state index in [2.05, 4.69) is 30.3 Å². The maximum Gasteiger partial charge on any atom is 0.0948 e. The Bertz CT molecular complexity index is 327. The summed E-state index contributed by atoms with van der Waals surface area (Å²) in [5.41, 5.74) is 7.49. The Labute approximate surface area is 85.3 Å². The standard InChI is InChI=1S/C11H19N3/c1-4-14-7-13-6-9(14)10-8(5-12)11(10,2)3/h6-8,10H,4-5,12H2,1-3H3/t8-,10+/m1/s1. The fraction of sp³-hybridized carbons (Fsp3) is 0.727. The van der Waals surface area contributed by atoms with E-state index in [1.807, 2.05) is 12.5 Å². The number of nitrogens with two attached hydrogens (primary N) is 1. The molecule has 0 aromatic carbocycles. The molecule has 1 aliphatic rings. The van der Waals surface area contributed by atoms with E-state index < -0.39 is 0 Å². The molecule has 2 atom stereocenters. The minimum absolute atomic E-state index is 0.363. The van der Waals surface area contributed by atoms with Crippen LogP contribution in [-0.2, 0) is 6.54 Å². The number of rotatable bonds is 3. The predicted molar refractivity (Wildman–Crippen MR) is 57.0 cm³/mol. The van der Waals surface area contributed by atoms with E-state index in [0.29, 0.717) is 17.3 Å². The van der Waals surface area contributed by atoms with Gasteiger partial charge in [-0.05, 0) is 24.8 Å². The van der Waals surface area contributed by atoms with Gasteiger partial charge in [0.25, 0.3) is 0 Å². The fourth-order valence-corrected chi connectivity index (χ4v) is 2.63. The summed E-state index contributed by atoms with van der Waals surface area (Å²) in [5.74, 6) is 1.24. The summed E-state index contributed by atoms with van der Waals surface area (Å²) in [4.78, 5) is 4.21. The molecule has 0 radical (unpaired) electrons. The van der Waals surface area contributed by atoms with Crippen molar-refractivity contribution >= 4 is 0 Å². The first-order valence-electron chi connectivity index (χ1n) is 5.33. The maximum atomic E-state index is 5.77. The Hall–Kier alpha value is -0.830. The molecule has 3 heteroatoms. The second kappa shape index (κ2) is 3.09. The molecule has 14 heavy (non-hydrogen) atoms. The SMILES string of the molecule is CCn1cncc1[C@@H]1[C@@H](CN)C1(C)C. The molecule has 0 saturated heterocycles. The summed E-state index contributed by atoms with van der Waals surface area (Å²) >= 11 is 0. The lowest BCUT2D eigenvalue weighted by atomic mass is 10.1. The number of imidazole rings is 1. The highest BCUT2D eigenvalue weighted by molar-refractivity contribution is 5.25. The zero-order chi connectivity index (χ0) is 10.3. The van der Waals surface area contributed by atoms with Gasteiger partial charge in [-0.15, -0.1) is 0 Å². The predicted octanol–water partition coefficient (Wildman–Crippen LogP) is 1.60. The Morgan fingerprint density at radius 2 is 2.29 bits per heavy atom. The zero-order valence-corrected chi connectivity index (χ0v) is 9.20. The van der Waals surface area contributed by atoms with Gasteiger partial charge in [0, 0.05) is 24.4 Å². The van der Waals surface area contributed by atoms with Crippen LogP contribution < -0.4 is 5.73 Å². The molecule has 0 bridgehead atoms. The van der Waals surface area contributed by atoms with Crippen molar-refractivity contribution < 1.29 is 0 Å². The van der Waals surface area contributed by atoms with Crippen LogP contribution in [0.1, 0.15) is 32.4 Å². The van der Waals surface area contributed by atoms with Gasteiger partial charge in [-0.25, -0.2) is 4.98 Å². The molecule has 1 fully saturated rings. The minimum atomic E-state index is 0.363. The van der Waals surface area contributed by atoms with Gasteiger partial charge >= 0.3 is 0 Å². The molecule has 1 aromatic rings. The molecule has 1 heterocycles. The molecular weight excluding hydrogens is 174 g/mol. The van der Waals surface area contributed by atoms with Gasteiger partial charge in [-0.3, -0.25) is 0 Å². The highest BCUT2D eigenvalue weighted by atomic mass is 15.1. The lowest BCUT2D eigenvalue weighted by Gasteiger charge is -2.05. The van der Waals surface area contributed by atoms with Gasteiger partial charge in [0.2, 0.25) is 0 Å². The second-order valence-corrected chi connectivity index (χ2v) is 4.75. The average Bonchev–Trinajstić information content (AvgIpc) is 2.55.